The smallest absolute Gasteiger partial charge is 0.320 e. The predicted molar refractivity (Wildman–Crippen MR) is 136 cm³/mol. The molecule has 1 amide bonds. The van der Waals surface area contributed by atoms with E-state index in [1.165, 1.54) is 12.1 Å². The third-order valence-electron chi connectivity index (χ3n) is 6.67. The van der Waals surface area contributed by atoms with Gasteiger partial charge in [0, 0.05) is 49.2 Å². The number of rotatable bonds is 8. The number of hydrogen-bond acceptors (Lipinski definition) is 6. The summed E-state index contributed by atoms with van der Waals surface area (Å²) in [6.45, 7) is 6.35. The number of halogens is 2. The molecular weight excluding hydrogens is 533 g/mol. The standard InChI is InChI=1S/C26H31BrFN3O5/c1-16-13-31(17(2)12-30(16)14-18-3-6-20(28)7-4-18)25(32)15-35-23-8-5-19(27)9-24(23)36-21-10-22(26(33)34)29-11-21/h3-9,16-17,21-22,29H,10-15H2,1-2H3,(H,33,34)/t16-,17+,21-,22-/m0/s1. The molecule has 0 radical (unpaired) electrons. The Balaban J connectivity index is 1.34. The first-order chi connectivity index (χ1) is 17.2. The summed E-state index contributed by atoms with van der Waals surface area (Å²) in [7, 11) is 0. The number of benzene rings is 2. The summed E-state index contributed by atoms with van der Waals surface area (Å²) in [6, 6.07) is 11.3. The Labute approximate surface area is 218 Å². The van der Waals surface area contributed by atoms with Crippen molar-refractivity contribution < 1.29 is 28.6 Å². The van der Waals surface area contributed by atoms with Crippen LogP contribution in [0.25, 0.3) is 0 Å². The van der Waals surface area contributed by atoms with Crippen LogP contribution in [-0.4, -0.2) is 77.3 Å². The van der Waals surface area contributed by atoms with Crippen molar-refractivity contribution in [1.29, 1.82) is 0 Å². The Hall–Kier alpha value is -2.69. The first kappa shape index (κ1) is 26.4. The van der Waals surface area contributed by atoms with Crippen molar-refractivity contribution in [3.63, 3.8) is 0 Å². The molecular formula is C26H31BrFN3O5. The van der Waals surface area contributed by atoms with Crippen molar-refractivity contribution >= 4 is 27.8 Å². The van der Waals surface area contributed by atoms with E-state index in [9.17, 15) is 19.1 Å². The van der Waals surface area contributed by atoms with Crippen molar-refractivity contribution in [1.82, 2.24) is 15.1 Å². The fraction of sp³-hybridized carbons (Fsp3) is 0.462. The van der Waals surface area contributed by atoms with Gasteiger partial charge < -0.3 is 24.8 Å². The predicted octanol–water partition coefficient (Wildman–Crippen LogP) is 3.28. The van der Waals surface area contributed by atoms with E-state index in [4.69, 9.17) is 9.47 Å². The van der Waals surface area contributed by atoms with Crippen LogP contribution in [0.5, 0.6) is 11.5 Å². The van der Waals surface area contributed by atoms with Crippen LogP contribution in [0.3, 0.4) is 0 Å². The maximum atomic E-state index is 13.2. The lowest BCUT2D eigenvalue weighted by atomic mass is 10.1. The van der Waals surface area contributed by atoms with E-state index in [0.717, 1.165) is 10.0 Å². The molecule has 2 aliphatic rings. The van der Waals surface area contributed by atoms with Gasteiger partial charge >= 0.3 is 5.97 Å². The summed E-state index contributed by atoms with van der Waals surface area (Å²) in [6.07, 6.45) is 0.0335. The van der Waals surface area contributed by atoms with Crippen LogP contribution in [0, 0.1) is 5.82 Å². The Morgan fingerprint density at radius 1 is 1.11 bits per heavy atom. The maximum absolute atomic E-state index is 13.2. The van der Waals surface area contributed by atoms with Crippen LogP contribution in [-0.2, 0) is 16.1 Å². The molecule has 2 aromatic carbocycles. The topological polar surface area (TPSA) is 91.3 Å². The average Bonchev–Trinajstić information content (AvgIpc) is 3.31. The molecule has 4 rings (SSSR count). The third-order valence-corrected chi connectivity index (χ3v) is 7.17. The number of carbonyl (C=O) groups excluding carboxylic acids is 1. The van der Waals surface area contributed by atoms with Gasteiger partial charge in [0.2, 0.25) is 0 Å². The zero-order valence-electron chi connectivity index (χ0n) is 20.3. The Morgan fingerprint density at radius 2 is 1.86 bits per heavy atom. The molecule has 0 spiro atoms. The Morgan fingerprint density at radius 3 is 2.56 bits per heavy atom. The number of nitrogens with zero attached hydrogens (tertiary/aromatic N) is 2. The molecule has 0 bridgehead atoms. The molecule has 2 heterocycles. The second-order valence-corrected chi connectivity index (χ2v) is 10.4. The third kappa shape index (κ3) is 6.54. The van der Waals surface area contributed by atoms with E-state index in [-0.39, 0.29) is 36.5 Å². The summed E-state index contributed by atoms with van der Waals surface area (Å²) in [4.78, 5) is 28.4. The van der Waals surface area contributed by atoms with Crippen LogP contribution in [0.15, 0.2) is 46.9 Å². The second kappa shape index (κ2) is 11.6. The maximum Gasteiger partial charge on any atom is 0.320 e. The lowest BCUT2D eigenvalue weighted by Crippen LogP contribution is -2.58. The summed E-state index contributed by atoms with van der Waals surface area (Å²) < 4.78 is 25.9. The molecule has 4 atom stereocenters. The molecule has 0 saturated carbocycles. The minimum atomic E-state index is -0.904. The highest BCUT2D eigenvalue weighted by Crippen LogP contribution is 2.32. The monoisotopic (exact) mass is 563 g/mol. The number of piperazine rings is 1. The molecule has 2 aliphatic heterocycles. The van der Waals surface area contributed by atoms with Gasteiger partial charge in [-0.2, -0.15) is 0 Å². The fourth-order valence-corrected chi connectivity index (χ4v) is 5.01. The van der Waals surface area contributed by atoms with E-state index in [2.05, 4.69) is 33.1 Å². The number of ether oxygens (including phenoxy) is 2. The first-order valence-electron chi connectivity index (χ1n) is 12.0. The van der Waals surface area contributed by atoms with Crippen molar-refractivity contribution in [2.24, 2.45) is 0 Å². The average molecular weight is 564 g/mol. The van der Waals surface area contributed by atoms with Crippen LogP contribution < -0.4 is 14.8 Å². The fourth-order valence-electron chi connectivity index (χ4n) is 4.67. The van der Waals surface area contributed by atoms with E-state index < -0.39 is 12.0 Å². The van der Waals surface area contributed by atoms with Gasteiger partial charge in [0.15, 0.2) is 18.1 Å². The zero-order chi connectivity index (χ0) is 25.8. The number of aliphatic carboxylic acids is 1. The highest BCUT2D eigenvalue weighted by Gasteiger charge is 2.33. The van der Waals surface area contributed by atoms with Gasteiger partial charge in [-0.25, -0.2) is 4.39 Å². The molecule has 10 heteroatoms. The van der Waals surface area contributed by atoms with Crippen LogP contribution in [0.4, 0.5) is 4.39 Å². The molecule has 0 aliphatic carbocycles. The SMILES string of the molecule is C[C@@H]1CN(Cc2ccc(F)cc2)[C@@H](C)CN1C(=O)COc1ccc(Br)cc1O[C@@H]1CN[C@H](C(=O)O)C1. The lowest BCUT2D eigenvalue weighted by molar-refractivity contribution is -0.140. The van der Waals surface area contributed by atoms with Gasteiger partial charge in [0.1, 0.15) is 18.0 Å². The van der Waals surface area contributed by atoms with E-state index in [0.29, 0.717) is 44.1 Å². The number of carbonyl (C=O) groups is 2. The van der Waals surface area contributed by atoms with Crippen molar-refractivity contribution in [3.05, 3.63) is 58.3 Å². The summed E-state index contributed by atoms with van der Waals surface area (Å²) in [5.74, 6) is -0.377. The van der Waals surface area contributed by atoms with E-state index in [1.54, 1.807) is 30.3 Å². The van der Waals surface area contributed by atoms with E-state index >= 15 is 0 Å². The minimum absolute atomic E-state index is 0.00379. The zero-order valence-corrected chi connectivity index (χ0v) is 21.9. The van der Waals surface area contributed by atoms with Gasteiger partial charge in [-0.1, -0.05) is 28.1 Å². The molecule has 8 nitrogen and oxygen atoms in total. The van der Waals surface area contributed by atoms with Crippen molar-refractivity contribution in [2.75, 3.05) is 26.2 Å². The summed E-state index contributed by atoms with van der Waals surface area (Å²) in [5, 5.41) is 12.1. The first-order valence-corrected chi connectivity index (χ1v) is 12.8. The van der Waals surface area contributed by atoms with Gasteiger partial charge in [-0.3, -0.25) is 14.5 Å². The number of nitrogens with one attached hydrogen (secondary N) is 1. The van der Waals surface area contributed by atoms with Gasteiger partial charge in [-0.15, -0.1) is 0 Å². The van der Waals surface area contributed by atoms with Crippen molar-refractivity contribution in [2.45, 2.75) is 51.0 Å². The minimum Gasteiger partial charge on any atom is -0.485 e. The normalized spacial score (nSPS) is 24.5. The van der Waals surface area contributed by atoms with E-state index in [1.807, 2.05) is 11.8 Å². The summed E-state index contributed by atoms with van der Waals surface area (Å²) >= 11 is 3.43. The van der Waals surface area contributed by atoms with Gasteiger partial charge in [0.05, 0.1) is 0 Å². The quantitative estimate of drug-likeness (QED) is 0.509. The van der Waals surface area contributed by atoms with Crippen LogP contribution >= 0.6 is 15.9 Å². The number of hydrogen-bond donors (Lipinski definition) is 2. The Kier molecular flexibility index (Phi) is 8.48. The van der Waals surface area contributed by atoms with Crippen LogP contribution in [0.2, 0.25) is 0 Å². The highest BCUT2D eigenvalue weighted by atomic mass is 79.9. The summed E-state index contributed by atoms with van der Waals surface area (Å²) in [5.41, 5.74) is 1.04. The lowest BCUT2D eigenvalue weighted by Gasteiger charge is -2.44. The largest absolute Gasteiger partial charge is 0.485 e. The number of amides is 1. The Bertz CT molecular complexity index is 1090. The van der Waals surface area contributed by atoms with Gasteiger partial charge in [0.25, 0.3) is 5.91 Å². The molecule has 2 fully saturated rings. The van der Waals surface area contributed by atoms with Crippen LogP contribution in [0.1, 0.15) is 25.8 Å². The second-order valence-electron chi connectivity index (χ2n) is 9.45. The molecule has 2 saturated heterocycles. The van der Waals surface area contributed by atoms with Gasteiger partial charge in [-0.05, 0) is 49.7 Å². The molecule has 194 valence electrons. The highest BCUT2D eigenvalue weighted by molar-refractivity contribution is 9.10. The molecule has 2 aromatic rings. The van der Waals surface area contributed by atoms with Crippen molar-refractivity contribution in [3.8, 4) is 11.5 Å². The molecule has 2 N–H and O–H groups in total. The molecule has 0 aromatic heterocycles. The molecule has 36 heavy (non-hydrogen) atoms. The number of carboxylic acid groups (broad SMARTS) is 1. The number of carboxylic acids is 1. The molecule has 0 unspecified atom stereocenters.